The van der Waals surface area contributed by atoms with Crippen LogP contribution >= 0.6 is 11.3 Å². The van der Waals surface area contributed by atoms with Gasteiger partial charge in [-0.05, 0) is 24.4 Å². The third-order valence-corrected chi connectivity index (χ3v) is 4.12. The van der Waals surface area contributed by atoms with Gasteiger partial charge in [-0.2, -0.15) is 0 Å². The summed E-state index contributed by atoms with van der Waals surface area (Å²) in [5.41, 5.74) is 0. The summed E-state index contributed by atoms with van der Waals surface area (Å²) in [4.78, 5) is 15.2. The molecule has 0 aliphatic carbocycles. The first kappa shape index (κ1) is 14.2. The van der Waals surface area contributed by atoms with Crippen molar-refractivity contribution in [3.63, 3.8) is 0 Å². The molecule has 0 radical (unpaired) electrons. The Balaban J connectivity index is 2.00. The Morgan fingerprint density at radius 1 is 1.58 bits per heavy atom. The van der Waals surface area contributed by atoms with E-state index >= 15 is 0 Å². The lowest BCUT2D eigenvalue weighted by atomic mass is 10.2. The van der Waals surface area contributed by atoms with Gasteiger partial charge in [-0.1, -0.05) is 12.1 Å². The summed E-state index contributed by atoms with van der Waals surface area (Å²) in [6.07, 6.45) is 3.31. The van der Waals surface area contributed by atoms with Crippen molar-refractivity contribution < 1.29 is 9.53 Å². The second kappa shape index (κ2) is 7.43. The van der Waals surface area contributed by atoms with Crippen LogP contribution in [0.15, 0.2) is 29.7 Å². The minimum Gasteiger partial charge on any atom is -0.379 e. The zero-order valence-corrected chi connectivity index (χ0v) is 12.0. The molecule has 1 saturated heterocycles. The lowest BCUT2D eigenvalue weighted by Gasteiger charge is -2.34. The van der Waals surface area contributed by atoms with Gasteiger partial charge in [0.05, 0.1) is 19.3 Å². The van der Waals surface area contributed by atoms with Crippen LogP contribution in [0.4, 0.5) is 0 Å². The fraction of sp³-hybridized carbons (Fsp3) is 0.500. The van der Waals surface area contributed by atoms with E-state index in [1.54, 1.807) is 23.5 Å². The molecule has 5 heteroatoms. The molecule has 1 aromatic heterocycles. The van der Waals surface area contributed by atoms with Crippen LogP contribution in [-0.4, -0.2) is 43.7 Å². The van der Waals surface area contributed by atoms with E-state index < -0.39 is 0 Å². The fourth-order valence-corrected chi connectivity index (χ4v) is 3.05. The van der Waals surface area contributed by atoms with E-state index in [2.05, 4.69) is 27.7 Å². The van der Waals surface area contributed by atoms with Gasteiger partial charge in [-0.25, -0.2) is 0 Å². The Bertz CT molecular complexity index is 411. The van der Waals surface area contributed by atoms with Crippen LogP contribution in [0.3, 0.4) is 0 Å². The number of carbonyl (C=O) groups is 1. The van der Waals surface area contributed by atoms with Gasteiger partial charge in [0, 0.05) is 24.5 Å². The Labute approximate surface area is 118 Å². The molecular weight excluding hydrogens is 260 g/mol. The number of hydrogen-bond acceptors (Lipinski definition) is 4. The van der Waals surface area contributed by atoms with E-state index in [1.165, 1.54) is 4.88 Å². The maximum atomic E-state index is 11.6. The third-order valence-electron chi connectivity index (χ3n) is 3.15. The molecule has 1 aliphatic heterocycles. The SMILES string of the molecule is CC=CC(=O)NCC(c1cccs1)N1CCOCC1. The first-order valence-corrected chi connectivity index (χ1v) is 7.45. The van der Waals surface area contributed by atoms with E-state index in [-0.39, 0.29) is 11.9 Å². The number of morpholine rings is 1. The summed E-state index contributed by atoms with van der Waals surface area (Å²) in [5.74, 6) is -0.0303. The van der Waals surface area contributed by atoms with Gasteiger partial charge in [-0.3, -0.25) is 9.69 Å². The van der Waals surface area contributed by atoms with Crippen molar-refractivity contribution in [3.8, 4) is 0 Å². The summed E-state index contributed by atoms with van der Waals surface area (Å²) >= 11 is 1.74. The number of ether oxygens (including phenoxy) is 1. The standard InChI is InChI=1S/C14H20N2O2S/c1-2-4-14(17)15-11-12(13-5-3-10-19-13)16-6-8-18-9-7-16/h2-5,10,12H,6-9,11H2,1H3,(H,15,17). The molecule has 0 bridgehead atoms. The van der Waals surface area contributed by atoms with Crippen LogP contribution in [0.1, 0.15) is 17.8 Å². The average Bonchev–Trinajstić information content (AvgIpc) is 2.94. The lowest BCUT2D eigenvalue weighted by Crippen LogP contribution is -2.43. The molecule has 1 unspecified atom stereocenters. The quantitative estimate of drug-likeness (QED) is 0.837. The minimum absolute atomic E-state index is 0.0303. The molecule has 2 heterocycles. The van der Waals surface area contributed by atoms with Crippen LogP contribution in [0.5, 0.6) is 0 Å². The fourth-order valence-electron chi connectivity index (χ4n) is 2.19. The highest BCUT2D eigenvalue weighted by Crippen LogP contribution is 2.25. The molecule has 0 spiro atoms. The van der Waals surface area contributed by atoms with Crippen LogP contribution in [0.2, 0.25) is 0 Å². The Morgan fingerprint density at radius 3 is 3.00 bits per heavy atom. The summed E-state index contributed by atoms with van der Waals surface area (Å²) in [6, 6.07) is 4.44. The Hall–Kier alpha value is -1.17. The lowest BCUT2D eigenvalue weighted by molar-refractivity contribution is -0.116. The Kier molecular flexibility index (Phi) is 5.57. The number of hydrogen-bond donors (Lipinski definition) is 1. The predicted molar refractivity (Wildman–Crippen MR) is 77.3 cm³/mol. The number of rotatable bonds is 5. The molecule has 1 amide bonds. The van der Waals surface area contributed by atoms with Gasteiger partial charge >= 0.3 is 0 Å². The summed E-state index contributed by atoms with van der Waals surface area (Å²) < 4.78 is 5.39. The van der Waals surface area contributed by atoms with E-state index in [9.17, 15) is 4.79 Å². The number of nitrogens with zero attached hydrogens (tertiary/aromatic N) is 1. The average molecular weight is 280 g/mol. The highest BCUT2D eigenvalue weighted by Gasteiger charge is 2.23. The molecule has 1 atom stereocenters. The largest absolute Gasteiger partial charge is 0.379 e. The zero-order valence-electron chi connectivity index (χ0n) is 11.2. The van der Waals surface area contributed by atoms with Crippen molar-refractivity contribution in [1.82, 2.24) is 10.2 Å². The minimum atomic E-state index is -0.0303. The number of thiophene rings is 1. The molecule has 104 valence electrons. The molecule has 1 aromatic rings. The predicted octanol–water partition coefficient (Wildman–Crippen LogP) is 1.81. The highest BCUT2D eigenvalue weighted by molar-refractivity contribution is 7.10. The highest BCUT2D eigenvalue weighted by atomic mass is 32.1. The number of nitrogens with one attached hydrogen (secondary N) is 1. The second-order valence-corrected chi connectivity index (χ2v) is 5.40. The van der Waals surface area contributed by atoms with E-state index in [0.29, 0.717) is 6.54 Å². The van der Waals surface area contributed by atoms with E-state index in [0.717, 1.165) is 26.3 Å². The molecule has 19 heavy (non-hydrogen) atoms. The second-order valence-electron chi connectivity index (χ2n) is 4.42. The van der Waals surface area contributed by atoms with Crippen LogP contribution in [0.25, 0.3) is 0 Å². The zero-order chi connectivity index (χ0) is 13.5. The topological polar surface area (TPSA) is 41.6 Å². The summed E-state index contributed by atoms with van der Waals surface area (Å²) in [7, 11) is 0. The van der Waals surface area contributed by atoms with Crippen molar-refractivity contribution in [1.29, 1.82) is 0 Å². The molecule has 1 fully saturated rings. The van der Waals surface area contributed by atoms with E-state index in [1.807, 2.05) is 6.92 Å². The van der Waals surface area contributed by atoms with Crippen LogP contribution < -0.4 is 5.32 Å². The molecule has 1 aliphatic rings. The molecule has 0 aromatic carbocycles. The van der Waals surface area contributed by atoms with Gasteiger partial charge in [0.2, 0.25) is 5.91 Å². The monoisotopic (exact) mass is 280 g/mol. The van der Waals surface area contributed by atoms with Crippen molar-refractivity contribution in [2.75, 3.05) is 32.8 Å². The summed E-state index contributed by atoms with van der Waals surface area (Å²) in [6.45, 7) is 5.86. The number of amides is 1. The molecule has 1 N–H and O–H groups in total. The van der Waals surface area contributed by atoms with Crippen molar-refractivity contribution in [3.05, 3.63) is 34.5 Å². The van der Waals surface area contributed by atoms with Gasteiger partial charge in [0.1, 0.15) is 0 Å². The van der Waals surface area contributed by atoms with Crippen LogP contribution in [-0.2, 0) is 9.53 Å². The van der Waals surface area contributed by atoms with E-state index in [4.69, 9.17) is 4.74 Å². The van der Waals surface area contributed by atoms with Gasteiger partial charge < -0.3 is 10.1 Å². The normalized spacial score (nSPS) is 18.6. The summed E-state index contributed by atoms with van der Waals surface area (Å²) in [5, 5.41) is 5.05. The van der Waals surface area contributed by atoms with Crippen molar-refractivity contribution in [2.45, 2.75) is 13.0 Å². The molecule has 2 rings (SSSR count). The number of allylic oxidation sites excluding steroid dienone is 1. The number of carbonyl (C=O) groups excluding carboxylic acids is 1. The maximum Gasteiger partial charge on any atom is 0.243 e. The van der Waals surface area contributed by atoms with Gasteiger partial charge in [-0.15, -0.1) is 11.3 Å². The van der Waals surface area contributed by atoms with Crippen molar-refractivity contribution >= 4 is 17.2 Å². The van der Waals surface area contributed by atoms with Crippen molar-refractivity contribution in [2.24, 2.45) is 0 Å². The Morgan fingerprint density at radius 2 is 2.37 bits per heavy atom. The smallest absolute Gasteiger partial charge is 0.243 e. The van der Waals surface area contributed by atoms with Gasteiger partial charge in [0.15, 0.2) is 0 Å². The third kappa shape index (κ3) is 4.16. The first-order valence-electron chi connectivity index (χ1n) is 6.57. The van der Waals surface area contributed by atoms with Gasteiger partial charge in [0.25, 0.3) is 0 Å². The maximum absolute atomic E-state index is 11.6. The first-order chi connectivity index (χ1) is 9.31. The molecule has 0 saturated carbocycles. The molecule has 4 nitrogen and oxygen atoms in total. The van der Waals surface area contributed by atoms with Crippen LogP contribution in [0, 0.1) is 0 Å². The molecular formula is C14H20N2O2S.